The fourth-order valence-corrected chi connectivity index (χ4v) is 3.97. The highest BCUT2D eigenvalue weighted by atomic mass is 79.9. The molecule has 2 aromatic carbocycles. The molecule has 5 heteroatoms. The highest BCUT2D eigenvalue weighted by Gasteiger charge is 2.37. The molecule has 0 bridgehead atoms. The average molecular weight is 418 g/mol. The number of carbonyl (C=O) groups is 1. The highest BCUT2D eigenvalue weighted by molar-refractivity contribution is 9.10. The smallest absolute Gasteiger partial charge is 0.415 e. The van der Waals surface area contributed by atoms with Crippen molar-refractivity contribution < 1.29 is 14.3 Å². The maximum Gasteiger partial charge on any atom is 0.415 e. The van der Waals surface area contributed by atoms with Crippen LogP contribution in [0.2, 0.25) is 0 Å². The van der Waals surface area contributed by atoms with E-state index in [-0.39, 0.29) is 12.1 Å². The summed E-state index contributed by atoms with van der Waals surface area (Å²) in [4.78, 5) is 14.9. The van der Waals surface area contributed by atoms with Crippen LogP contribution in [0.5, 0.6) is 5.75 Å². The van der Waals surface area contributed by atoms with Gasteiger partial charge in [-0.25, -0.2) is 4.79 Å². The van der Waals surface area contributed by atoms with Crippen molar-refractivity contribution in [2.45, 2.75) is 45.3 Å². The Balaban J connectivity index is 2.12. The first-order valence-electron chi connectivity index (χ1n) is 8.74. The van der Waals surface area contributed by atoms with E-state index >= 15 is 0 Å². The van der Waals surface area contributed by atoms with Gasteiger partial charge in [-0.2, -0.15) is 0 Å². The first-order chi connectivity index (χ1) is 12.3. The third-order valence-corrected chi connectivity index (χ3v) is 5.04. The van der Waals surface area contributed by atoms with Crippen molar-refractivity contribution in [2.24, 2.45) is 0 Å². The number of hydrogen-bond acceptors (Lipinski definition) is 3. The maximum atomic E-state index is 13.2. The molecule has 0 aromatic heterocycles. The number of anilines is 1. The summed E-state index contributed by atoms with van der Waals surface area (Å²) in [7, 11) is 1.66. The molecule has 1 aliphatic rings. The van der Waals surface area contributed by atoms with Gasteiger partial charge in [0.05, 0.1) is 18.8 Å². The number of rotatable bonds is 2. The van der Waals surface area contributed by atoms with Gasteiger partial charge < -0.3 is 9.47 Å². The Morgan fingerprint density at radius 2 is 1.88 bits per heavy atom. The molecular weight excluding hydrogens is 394 g/mol. The van der Waals surface area contributed by atoms with Crippen molar-refractivity contribution >= 4 is 27.7 Å². The second-order valence-electron chi connectivity index (χ2n) is 7.39. The summed E-state index contributed by atoms with van der Waals surface area (Å²) in [5.74, 6) is 0.779. The number of para-hydroxylation sites is 2. The van der Waals surface area contributed by atoms with Crippen molar-refractivity contribution in [2.75, 3.05) is 12.0 Å². The summed E-state index contributed by atoms with van der Waals surface area (Å²) in [6.45, 7) is 5.65. The largest absolute Gasteiger partial charge is 0.496 e. The third kappa shape index (κ3) is 3.73. The summed E-state index contributed by atoms with van der Waals surface area (Å²) in [5, 5.41) is 0. The number of amides is 1. The molecule has 0 fully saturated rings. The van der Waals surface area contributed by atoms with Crippen molar-refractivity contribution in [3.05, 3.63) is 58.1 Å². The van der Waals surface area contributed by atoms with Crippen LogP contribution in [-0.2, 0) is 11.2 Å². The van der Waals surface area contributed by atoms with Crippen molar-refractivity contribution in [3.8, 4) is 5.75 Å². The normalized spacial score (nSPS) is 16.8. The molecular formula is C21H24BrNO3. The molecule has 4 nitrogen and oxygen atoms in total. The minimum atomic E-state index is -0.568. The van der Waals surface area contributed by atoms with Crippen molar-refractivity contribution in [1.29, 1.82) is 0 Å². The van der Waals surface area contributed by atoms with Crippen LogP contribution in [-0.4, -0.2) is 18.8 Å². The molecule has 1 heterocycles. The predicted octanol–water partition coefficient (Wildman–Crippen LogP) is 5.89. The lowest BCUT2D eigenvalue weighted by Gasteiger charge is -2.39. The molecule has 0 aliphatic carbocycles. The van der Waals surface area contributed by atoms with Crippen molar-refractivity contribution in [3.63, 3.8) is 0 Å². The lowest BCUT2D eigenvalue weighted by atomic mass is 9.91. The number of nitrogens with zero attached hydrogens (tertiary/aromatic N) is 1. The van der Waals surface area contributed by atoms with Gasteiger partial charge in [0.25, 0.3) is 0 Å². The Kier molecular flexibility index (Phi) is 5.28. The number of methoxy groups -OCH3 is 1. The van der Waals surface area contributed by atoms with E-state index in [0.717, 1.165) is 39.9 Å². The molecule has 0 saturated heterocycles. The van der Waals surface area contributed by atoms with Crippen LogP contribution in [0.1, 0.15) is 44.4 Å². The van der Waals surface area contributed by atoms with Gasteiger partial charge in [0.1, 0.15) is 11.4 Å². The summed E-state index contributed by atoms with van der Waals surface area (Å²) < 4.78 is 12.2. The standard InChI is InChI=1S/C21H24BrNO3/c1-21(2,3)26-20(24)23-17(15-9-5-6-11-18(15)25-4)13-12-14-8-7-10-16(22)19(14)23/h5-11,17H,12-13H2,1-4H3. The summed E-state index contributed by atoms with van der Waals surface area (Å²) in [6.07, 6.45) is 1.35. The second kappa shape index (κ2) is 7.31. The van der Waals surface area contributed by atoms with E-state index in [9.17, 15) is 4.79 Å². The Bertz CT molecular complexity index is 813. The SMILES string of the molecule is COc1ccccc1C1CCc2cccc(Br)c2N1C(=O)OC(C)(C)C. The number of fused-ring (bicyclic) bond motifs is 1. The molecule has 0 radical (unpaired) electrons. The third-order valence-electron chi connectivity index (χ3n) is 4.40. The quantitative estimate of drug-likeness (QED) is 0.611. The predicted molar refractivity (Wildman–Crippen MR) is 107 cm³/mol. The van der Waals surface area contributed by atoms with E-state index < -0.39 is 5.60 Å². The lowest BCUT2D eigenvalue weighted by molar-refractivity contribution is 0.0559. The highest BCUT2D eigenvalue weighted by Crippen LogP contribution is 2.45. The summed E-state index contributed by atoms with van der Waals surface area (Å²) in [5.41, 5.74) is 2.43. The number of ether oxygens (including phenoxy) is 2. The molecule has 1 aliphatic heterocycles. The maximum absolute atomic E-state index is 13.2. The van der Waals surface area contributed by atoms with E-state index in [1.54, 1.807) is 12.0 Å². The number of carbonyl (C=O) groups excluding carboxylic acids is 1. The molecule has 2 aromatic rings. The Morgan fingerprint density at radius 3 is 2.58 bits per heavy atom. The number of benzene rings is 2. The summed E-state index contributed by atoms with van der Waals surface area (Å²) in [6, 6.07) is 13.7. The van der Waals surface area contributed by atoms with Gasteiger partial charge in [-0.15, -0.1) is 0 Å². The van der Waals surface area contributed by atoms with E-state index in [1.165, 1.54) is 0 Å². The van der Waals surface area contributed by atoms with Crippen LogP contribution in [0.25, 0.3) is 0 Å². The van der Waals surface area contributed by atoms with Gasteiger partial charge in [-0.3, -0.25) is 4.90 Å². The topological polar surface area (TPSA) is 38.8 Å². The van der Waals surface area contributed by atoms with Gasteiger partial charge in [-0.05, 0) is 67.2 Å². The van der Waals surface area contributed by atoms with E-state index in [2.05, 4.69) is 22.0 Å². The zero-order valence-corrected chi connectivity index (χ0v) is 17.2. The van der Waals surface area contributed by atoms with Crippen molar-refractivity contribution in [1.82, 2.24) is 0 Å². The Morgan fingerprint density at radius 1 is 1.15 bits per heavy atom. The van der Waals surface area contributed by atoms with E-state index in [4.69, 9.17) is 9.47 Å². The fourth-order valence-electron chi connectivity index (χ4n) is 3.37. The van der Waals surface area contributed by atoms with Gasteiger partial charge in [0, 0.05) is 10.0 Å². The molecule has 26 heavy (non-hydrogen) atoms. The van der Waals surface area contributed by atoms with Crippen LogP contribution in [0.3, 0.4) is 0 Å². The second-order valence-corrected chi connectivity index (χ2v) is 8.25. The summed E-state index contributed by atoms with van der Waals surface area (Å²) >= 11 is 3.63. The Labute approximate surface area is 163 Å². The molecule has 138 valence electrons. The van der Waals surface area contributed by atoms with Gasteiger partial charge in [-0.1, -0.05) is 30.3 Å². The average Bonchev–Trinajstić information content (AvgIpc) is 2.59. The van der Waals surface area contributed by atoms with Gasteiger partial charge in [0.15, 0.2) is 0 Å². The van der Waals surface area contributed by atoms with Crippen LogP contribution in [0.15, 0.2) is 46.9 Å². The first-order valence-corrected chi connectivity index (χ1v) is 9.53. The fraction of sp³-hybridized carbons (Fsp3) is 0.381. The van der Waals surface area contributed by atoms with Crippen LogP contribution in [0, 0.1) is 0 Å². The molecule has 0 spiro atoms. The zero-order valence-electron chi connectivity index (χ0n) is 15.6. The number of aryl methyl sites for hydroxylation is 1. The zero-order chi connectivity index (χ0) is 18.9. The number of hydrogen-bond donors (Lipinski definition) is 0. The minimum Gasteiger partial charge on any atom is -0.496 e. The van der Waals surface area contributed by atoms with Crippen LogP contribution >= 0.6 is 15.9 Å². The monoisotopic (exact) mass is 417 g/mol. The van der Waals surface area contributed by atoms with Gasteiger partial charge in [0.2, 0.25) is 0 Å². The Hall–Kier alpha value is -2.01. The van der Waals surface area contributed by atoms with Crippen LogP contribution in [0.4, 0.5) is 10.5 Å². The van der Waals surface area contributed by atoms with Crippen LogP contribution < -0.4 is 9.64 Å². The lowest BCUT2D eigenvalue weighted by Crippen LogP contribution is -2.42. The molecule has 3 rings (SSSR count). The van der Waals surface area contributed by atoms with Gasteiger partial charge >= 0.3 is 6.09 Å². The first kappa shape index (κ1) is 18.8. The van der Waals surface area contributed by atoms with E-state index in [0.29, 0.717) is 0 Å². The molecule has 0 N–H and O–H groups in total. The molecule has 1 unspecified atom stereocenters. The molecule has 1 amide bonds. The minimum absolute atomic E-state index is 0.146. The molecule has 0 saturated carbocycles. The number of halogens is 1. The molecule has 1 atom stereocenters. The van der Waals surface area contributed by atoms with E-state index in [1.807, 2.05) is 57.2 Å².